The first-order valence-corrected chi connectivity index (χ1v) is 10.2. The van der Waals surface area contributed by atoms with Gasteiger partial charge in [-0.05, 0) is 47.5 Å². The highest BCUT2D eigenvalue weighted by atomic mass is 16.5. The molecule has 0 saturated carbocycles. The fraction of sp³-hybridized carbons (Fsp3) is 0.208. The minimum atomic E-state index is -0.567. The van der Waals surface area contributed by atoms with Gasteiger partial charge in [0.2, 0.25) is 0 Å². The molecule has 0 aliphatic heterocycles. The molecule has 0 aliphatic rings. The van der Waals surface area contributed by atoms with Crippen molar-refractivity contribution in [1.82, 2.24) is 16.2 Å². The number of ether oxygens (including phenoxy) is 2. The van der Waals surface area contributed by atoms with Crippen molar-refractivity contribution >= 4 is 28.5 Å². The number of nitrogens with one attached hydrogen (secondary N) is 3. The maximum atomic E-state index is 12.3. The van der Waals surface area contributed by atoms with Gasteiger partial charge in [0.15, 0.2) is 11.5 Å². The molecule has 8 nitrogen and oxygen atoms in total. The number of carbonyl (C=O) groups is 3. The van der Waals surface area contributed by atoms with Crippen LogP contribution in [0.4, 0.5) is 0 Å². The van der Waals surface area contributed by atoms with E-state index in [9.17, 15) is 14.4 Å². The Morgan fingerprint density at radius 2 is 1.53 bits per heavy atom. The molecule has 3 N–H and O–H groups in total. The second-order valence-corrected chi connectivity index (χ2v) is 6.96. The normalized spacial score (nSPS) is 10.3. The topological polar surface area (TPSA) is 106 Å². The SMILES string of the molecule is CCCOc1ccc(C(=O)NNC(=O)CNC(=O)c2ccc3ccccc3c2)cc1OC. The van der Waals surface area contributed by atoms with Gasteiger partial charge in [-0.2, -0.15) is 0 Å². The largest absolute Gasteiger partial charge is 0.493 e. The molecule has 0 aromatic heterocycles. The van der Waals surface area contributed by atoms with Gasteiger partial charge in [-0.25, -0.2) is 0 Å². The Bertz CT molecular complexity index is 1130. The Balaban J connectivity index is 1.50. The van der Waals surface area contributed by atoms with E-state index in [-0.39, 0.29) is 18.0 Å². The van der Waals surface area contributed by atoms with E-state index in [0.717, 1.165) is 17.2 Å². The van der Waals surface area contributed by atoms with Gasteiger partial charge in [0.1, 0.15) is 0 Å². The summed E-state index contributed by atoms with van der Waals surface area (Å²) in [6.07, 6.45) is 0.842. The molecule has 3 amide bonds. The zero-order valence-corrected chi connectivity index (χ0v) is 17.9. The zero-order valence-electron chi connectivity index (χ0n) is 17.9. The highest BCUT2D eigenvalue weighted by molar-refractivity contribution is 6.00. The van der Waals surface area contributed by atoms with Crippen molar-refractivity contribution in [1.29, 1.82) is 0 Å². The number of benzene rings is 3. The Labute approximate surface area is 185 Å². The van der Waals surface area contributed by atoms with Crippen LogP contribution in [0.25, 0.3) is 10.8 Å². The predicted octanol–water partition coefficient (Wildman–Crippen LogP) is 2.83. The molecule has 3 aromatic rings. The predicted molar refractivity (Wildman–Crippen MR) is 121 cm³/mol. The van der Waals surface area contributed by atoms with Crippen LogP contribution in [0.1, 0.15) is 34.1 Å². The lowest BCUT2D eigenvalue weighted by molar-refractivity contribution is -0.120. The first-order valence-electron chi connectivity index (χ1n) is 10.2. The number of fused-ring (bicyclic) bond motifs is 1. The maximum absolute atomic E-state index is 12.3. The quantitative estimate of drug-likeness (QED) is 0.472. The third-order valence-electron chi connectivity index (χ3n) is 4.62. The number of hydrazine groups is 1. The van der Waals surface area contributed by atoms with Crippen LogP contribution in [0.5, 0.6) is 11.5 Å². The Hall–Kier alpha value is -4.07. The van der Waals surface area contributed by atoms with Gasteiger partial charge in [-0.3, -0.25) is 25.2 Å². The fourth-order valence-corrected chi connectivity index (χ4v) is 2.98. The van der Waals surface area contributed by atoms with E-state index in [4.69, 9.17) is 9.47 Å². The van der Waals surface area contributed by atoms with Gasteiger partial charge in [0.25, 0.3) is 17.7 Å². The average Bonchev–Trinajstić information content (AvgIpc) is 2.83. The second kappa shape index (κ2) is 10.8. The van der Waals surface area contributed by atoms with Gasteiger partial charge in [0, 0.05) is 11.1 Å². The molecule has 0 fully saturated rings. The number of amides is 3. The molecule has 166 valence electrons. The summed E-state index contributed by atoms with van der Waals surface area (Å²) in [6.45, 7) is 2.23. The van der Waals surface area contributed by atoms with E-state index in [1.807, 2.05) is 37.3 Å². The van der Waals surface area contributed by atoms with Crippen molar-refractivity contribution in [2.75, 3.05) is 20.3 Å². The lowest BCUT2D eigenvalue weighted by Crippen LogP contribution is -2.46. The molecule has 3 rings (SSSR count). The van der Waals surface area contributed by atoms with E-state index in [1.54, 1.807) is 24.3 Å². The van der Waals surface area contributed by atoms with Crippen molar-refractivity contribution in [2.45, 2.75) is 13.3 Å². The first kappa shape index (κ1) is 22.6. The average molecular weight is 435 g/mol. The molecule has 0 saturated heterocycles. The number of hydrogen-bond acceptors (Lipinski definition) is 5. The van der Waals surface area contributed by atoms with E-state index in [1.165, 1.54) is 13.2 Å². The number of hydrogen-bond donors (Lipinski definition) is 3. The molecular weight excluding hydrogens is 410 g/mol. The van der Waals surface area contributed by atoms with Gasteiger partial charge in [-0.1, -0.05) is 37.3 Å². The molecule has 0 spiro atoms. The molecule has 0 bridgehead atoms. The summed E-state index contributed by atoms with van der Waals surface area (Å²) >= 11 is 0. The Kier molecular flexibility index (Phi) is 7.64. The lowest BCUT2D eigenvalue weighted by atomic mass is 10.1. The summed E-state index contributed by atoms with van der Waals surface area (Å²) in [5.74, 6) is -0.530. The summed E-state index contributed by atoms with van der Waals surface area (Å²) < 4.78 is 10.8. The van der Waals surface area contributed by atoms with Gasteiger partial charge in [0.05, 0.1) is 20.3 Å². The lowest BCUT2D eigenvalue weighted by Gasteiger charge is -2.12. The van der Waals surface area contributed by atoms with Crippen LogP contribution in [0.2, 0.25) is 0 Å². The van der Waals surface area contributed by atoms with Crippen LogP contribution >= 0.6 is 0 Å². The highest BCUT2D eigenvalue weighted by Crippen LogP contribution is 2.28. The molecule has 8 heteroatoms. The van der Waals surface area contributed by atoms with E-state index < -0.39 is 11.8 Å². The van der Waals surface area contributed by atoms with Crippen molar-refractivity contribution in [3.8, 4) is 11.5 Å². The minimum absolute atomic E-state index is 0.284. The standard InChI is InChI=1S/C24H25N3O5/c1-3-12-32-20-11-10-19(14-21(20)31-2)24(30)27-26-22(28)15-25-23(29)18-9-8-16-6-4-5-7-17(16)13-18/h4-11,13-14H,3,12,15H2,1-2H3,(H,25,29)(H,26,28)(H,27,30). The Morgan fingerprint density at radius 1 is 0.812 bits per heavy atom. The van der Waals surface area contributed by atoms with E-state index in [0.29, 0.717) is 23.7 Å². The van der Waals surface area contributed by atoms with Crippen LogP contribution < -0.4 is 25.6 Å². The summed E-state index contributed by atoms with van der Waals surface area (Å²) in [5.41, 5.74) is 5.32. The van der Waals surface area contributed by atoms with Crippen molar-refractivity contribution in [3.63, 3.8) is 0 Å². The van der Waals surface area contributed by atoms with Crippen molar-refractivity contribution < 1.29 is 23.9 Å². The third-order valence-corrected chi connectivity index (χ3v) is 4.62. The third kappa shape index (κ3) is 5.75. The number of rotatable bonds is 8. The van der Waals surface area contributed by atoms with Crippen LogP contribution in [-0.4, -0.2) is 38.0 Å². The van der Waals surface area contributed by atoms with Crippen LogP contribution in [-0.2, 0) is 4.79 Å². The van der Waals surface area contributed by atoms with Gasteiger partial charge in [-0.15, -0.1) is 0 Å². The molecule has 0 radical (unpaired) electrons. The van der Waals surface area contributed by atoms with E-state index in [2.05, 4.69) is 16.2 Å². The fourth-order valence-electron chi connectivity index (χ4n) is 2.98. The van der Waals surface area contributed by atoms with Gasteiger partial charge < -0.3 is 14.8 Å². The maximum Gasteiger partial charge on any atom is 0.269 e. The monoisotopic (exact) mass is 435 g/mol. The molecule has 32 heavy (non-hydrogen) atoms. The van der Waals surface area contributed by atoms with Crippen LogP contribution in [0.15, 0.2) is 60.7 Å². The summed E-state index contributed by atoms with van der Waals surface area (Å²) in [6, 6.07) is 17.7. The summed E-state index contributed by atoms with van der Waals surface area (Å²) in [4.78, 5) is 36.7. The zero-order chi connectivity index (χ0) is 22.9. The molecule has 0 unspecified atom stereocenters. The second-order valence-electron chi connectivity index (χ2n) is 6.96. The summed E-state index contributed by atoms with van der Waals surface area (Å²) in [5, 5.41) is 4.48. The molecule has 0 heterocycles. The minimum Gasteiger partial charge on any atom is -0.493 e. The number of methoxy groups -OCH3 is 1. The summed E-state index contributed by atoms with van der Waals surface area (Å²) in [7, 11) is 1.48. The molecule has 3 aromatic carbocycles. The number of carbonyl (C=O) groups excluding carboxylic acids is 3. The van der Waals surface area contributed by atoms with E-state index >= 15 is 0 Å². The van der Waals surface area contributed by atoms with Crippen LogP contribution in [0, 0.1) is 0 Å². The smallest absolute Gasteiger partial charge is 0.269 e. The molecular formula is C24H25N3O5. The molecule has 0 aliphatic carbocycles. The van der Waals surface area contributed by atoms with Crippen molar-refractivity contribution in [2.24, 2.45) is 0 Å². The molecule has 0 atom stereocenters. The van der Waals surface area contributed by atoms with Crippen molar-refractivity contribution in [3.05, 3.63) is 71.8 Å². The Morgan fingerprint density at radius 3 is 2.28 bits per heavy atom. The highest BCUT2D eigenvalue weighted by Gasteiger charge is 2.13. The van der Waals surface area contributed by atoms with Gasteiger partial charge >= 0.3 is 0 Å². The van der Waals surface area contributed by atoms with Crippen LogP contribution in [0.3, 0.4) is 0 Å². The first-order chi connectivity index (χ1) is 15.5.